The van der Waals surface area contributed by atoms with Crippen molar-refractivity contribution in [2.24, 2.45) is 5.14 Å². The first-order valence-corrected chi connectivity index (χ1v) is 7.25. The van der Waals surface area contributed by atoms with Crippen molar-refractivity contribution >= 4 is 37.5 Å². The van der Waals surface area contributed by atoms with Gasteiger partial charge in [-0.2, -0.15) is 0 Å². The molecule has 0 aliphatic rings. The Morgan fingerprint density at radius 3 is 2.61 bits per heavy atom. The highest BCUT2D eigenvalue weighted by Gasteiger charge is 2.13. The monoisotopic (exact) mass is 339 g/mol. The Balaban J connectivity index is 2.76. The van der Waals surface area contributed by atoms with Crippen molar-refractivity contribution < 1.29 is 17.6 Å². The molecule has 1 rings (SSSR count). The number of nitrogens with two attached hydrogens (primary N) is 2. The summed E-state index contributed by atoms with van der Waals surface area (Å²) in [5.74, 6) is -1.60. The zero-order valence-electron chi connectivity index (χ0n) is 9.11. The third kappa shape index (κ3) is 4.24. The Morgan fingerprint density at radius 2 is 2.06 bits per heavy atom. The molecular formula is C9H11BrFN3O3S. The zero-order valence-corrected chi connectivity index (χ0v) is 11.5. The van der Waals surface area contributed by atoms with Gasteiger partial charge in [-0.25, -0.2) is 17.9 Å². The topological polar surface area (TPSA) is 115 Å². The van der Waals surface area contributed by atoms with Crippen LogP contribution in [0, 0.1) is 5.82 Å². The molecule has 5 N–H and O–H groups in total. The van der Waals surface area contributed by atoms with E-state index < -0.39 is 21.7 Å². The summed E-state index contributed by atoms with van der Waals surface area (Å²) in [6.07, 6.45) is 0. The normalized spacial score (nSPS) is 11.3. The highest BCUT2D eigenvalue weighted by Crippen LogP contribution is 2.22. The number of nitrogens with one attached hydrogen (secondary N) is 1. The van der Waals surface area contributed by atoms with Gasteiger partial charge in [-0.15, -0.1) is 0 Å². The van der Waals surface area contributed by atoms with E-state index in [0.29, 0.717) is 0 Å². The van der Waals surface area contributed by atoms with Gasteiger partial charge >= 0.3 is 0 Å². The van der Waals surface area contributed by atoms with Crippen LogP contribution in [0.1, 0.15) is 10.4 Å². The van der Waals surface area contributed by atoms with Gasteiger partial charge in [0.15, 0.2) is 0 Å². The third-order valence-corrected chi connectivity index (χ3v) is 3.43. The number of sulfonamides is 1. The summed E-state index contributed by atoms with van der Waals surface area (Å²) in [7, 11) is -3.64. The summed E-state index contributed by atoms with van der Waals surface area (Å²) in [6.45, 7) is -0.138. The van der Waals surface area contributed by atoms with Crippen molar-refractivity contribution in [1.29, 1.82) is 0 Å². The van der Waals surface area contributed by atoms with Gasteiger partial charge in [-0.1, -0.05) is 0 Å². The number of carbonyl (C=O) groups is 1. The predicted octanol–water partition coefficient (Wildman–Crippen LogP) is 0.189. The molecule has 0 saturated carbocycles. The lowest BCUT2D eigenvalue weighted by atomic mass is 10.2. The van der Waals surface area contributed by atoms with Gasteiger partial charge in [0.1, 0.15) is 5.82 Å². The smallest absolute Gasteiger partial charge is 0.252 e. The fraction of sp³-hybridized carbons (Fsp3) is 0.222. The second kappa shape index (κ2) is 5.63. The number of hydrogen-bond donors (Lipinski definition) is 3. The fourth-order valence-electron chi connectivity index (χ4n) is 1.14. The van der Waals surface area contributed by atoms with Crippen molar-refractivity contribution in [1.82, 2.24) is 5.32 Å². The maximum absolute atomic E-state index is 13.0. The number of benzene rings is 1. The van der Waals surface area contributed by atoms with Crippen LogP contribution in [0.3, 0.4) is 0 Å². The van der Waals surface area contributed by atoms with Crippen LogP contribution in [0.4, 0.5) is 10.1 Å². The van der Waals surface area contributed by atoms with E-state index in [1.54, 1.807) is 0 Å². The molecule has 100 valence electrons. The molecule has 0 spiro atoms. The van der Waals surface area contributed by atoms with Crippen LogP contribution < -0.4 is 16.2 Å². The van der Waals surface area contributed by atoms with Gasteiger partial charge in [-0.05, 0) is 28.1 Å². The zero-order chi connectivity index (χ0) is 13.9. The Kier molecular flexibility index (Phi) is 4.65. The van der Waals surface area contributed by atoms with Gasteiger partial charge < -0.3 is 11.1 Å². The standard InChI is InChI=1S/C9H11BrFN3O3S/c10-6-4-7(11)8(12)3-5(6)9(15)14-1-2-18(13,16)17/h3-4H,1-2,12H2,(H,14,15)(H2,13,16,17). The molecule has 9 heteroatoms. The molecule has 0 radical (unpaired) electrons. The number of amides is 1. The first-order chi connectivity index (χ1) is 8.20. The number of hydrogen-bond acceptors (Lipinski definition) is 4. The largest absolute Gasteiger partial charge is 0.396 e. The summed E-state index contributed by atoms with van der Waals surface area (Å²) in [5, 5.41) is 7.11. The molecule has 6 nitrogen and oxygen atoms in total. The molecule has 0 atom stereocenters. The van der Waals surface area contributed by atoms with Gasteiger partial charge in [0, 0.05) is 11.0 Å². The third-order valence-electron chi connectivity index (χ3n) is 2.00. The first kappa shape index (κ1) is 14.9. The number of primary sulfonamides is 1. The minimum Gasteiger partial charge on any atom is -0.396 e. The van der Waals surface area contributed by atoms with Crippen LogP contribution in [-0.4, -0.2) is 26.6 Å². The molecular weight excluding hydrogens is 329 g/mol. The number of halogens is 2. The minimum absolute atomic E-state index is 0.114. The summed E-state index contributed by atoms with van der Waals surface area (Å²) in [5.41, 5.74) is 5.28. The summed E-state index contributed by atoms with van der Waals surface area (Å²) >= 11 is 3.01. The van der Waals surface area contributed by atoms with E-state index in [4.69, 9.17) is 10.9 Å². The van der Waals surface area contributed by atoms with Gasteiger partial charge in [0.25, 0.3) is 5.91 Å². The molecule has 0 bridgehead atoms. The van der Waals surface area contributed by atoms with Crippen LogP contribution in [0.2, 0.25) is 0 Å². The summed E-state index contributed by atoms with van der Waals surface area (Å²) < 4.78 is 34.6. The average Bonchev–Trinajstić information content (AvgIpc) is 2.21. The minimum atomic E-state index is -3.64. The van der Waals surface area contributed by atoms with Crippen LogP contribution in [0.15, 0.2) is 16.6 Å². The molecule has 0 aliphatic heterocycles. The highest BCUT2D eigenvalue weighted by atomic mass is 79.9. The van der Waals surface area contributed by atoms with Crippen LogP contribution in [-0.2, 0) is 10.0 Å². The molecule has 0 aliphatic carbocycles. The molecule has 0 unspecified atom stereocenters. The lowest BCUT2D eigenvalue weighted by Crippen LogP contribution is -2.31. The molecule has 0 saturated heterocycles. The number of rotatable bonds is 4. The lowest BCUT2D eigenvalue weighted by molar-refractivity contribution is 0.0955. The lowest BCUT2D eigenvalue weighted by Gasteiger charge is -2.07. The summed E-state index contributed by atoms with van der Waals surface area (Å²) in [4.78, 5) is 11.7. The Bertz CT molecular complexity index is 577. The van der Waals surface area contributed by atoms with Gasteiger partial charge in [-0.3, -0.25) is 4.79 Å². The van der Waals surface area contributed by atoms with Crippen molar-refractivity contribution in [2.45, 2.75) is 0 Å². The molecule has 18 heavy (non-hydrogen) atoms. The van der Waals surface area contributed by atoms with Crippen molar-refractivity contribution in [2.75, 3.05) is 18.0 Å². The van der Waals surface area contributed by atoms with E-state index in [1.807, 2.05) is 0 Å². The number of nitrogen functional groups attached to an aromatic ring is 1. The molecule has 0 aromatic heterocycles. The SMILES string of the molecule is Nc1cc(C(=O)NCCS(N)(=O)=O)c(Br)cc1F. The van der Waals surface area contributed by atoms with E-state index in [1.165, 1.54) is 0 Å². The Morgan fingerprint density at radius 1 is 1.44 bits per heavy atom. The first-order valence-electron chi connectivity index (χ1n) is 4.74. The van der Waals surface area contributed by atoms with Crippen molar-refractivity contribution in [3.8, 4) is 0 Å². The molecule has 1 aromatic carbocycles. The fourth-order valence-corrected chi connectivity index (χ4v) is 2.02. The van der Waals surface area contributed by atoms with E-state index in [2.05, 4.69) is 21.2 Å². The van der Waals surface area contributed by atoms with E-state index in [0.717, 1.165) is 12.1 Å². The van der Waals surface area contributed by atoms with Crippen molar-refractivity contribution in [3.63, 3.8) is 0 Å². The number of anilines is 1. The maximum Gasteiger partial charge on any atom is 0.252 e. The van der Waals surface area contributed by atoms with Crippen molar-refractivity contribution in [3.05, 3.63) is 28.0 Å². The average molecular weight is 340 g/mol. The maximum atomic E-state index is 13.0. The second-order valence-corrected chi connectivity index (χ2v) is 6.06. The van der Waals surface area contributed by atoms with E-state index in [-0.39, 0.29) is 28.0 Å². The molecule has 0 heterocycles. The quantitative estimate of drug-likeness (QED) is 0.679. The van der Waals surface area contributed by atoms with E-state index >= 15 is 0 Å². The molecule has 0 fully saturated rings. The molecule has 1 amide bonds. The van der Waals surface area contributed by atoms with Gasteiger partial charge in [0.05, 0.1) is 17.0 Å². The van der Waals surface area contributed by atoms with Gasteiger partial charge in [0.2, 0.25) is 10.0 Å². The number of carbonyl (C=O) groups excluding carboxylic acids is 1. The van der Waals surface area contributed by atoms with Crippen LogP contribution in [0.5, 0.6) is 0 Å². The van der Waals surface area contributed by atoms with Crippen LogP contribution >= 0.6 is 15.9 Å². The predicted molar refractivity (Wildman–Crippen MR) is 68.8 cm³/mol. The Labute approximate surface area is 112 Å². The summed E-state index contributed by atoms with van der Waals surface area (Å²) in [6, 6.07) is 2.22. The second-order valence-electron chi connectivity index (χ2n) is 3.48. The van der Waals surface area contributed by atoms with Crippen LogP contribution in [0.25, 0.3) is 0 Å². The highest BCUT2D eigenvalue weighted by molar-refractivity contribution is 9.10. The molecule has 1 aromatic rings. The van der Waals surface area contributed by atoms with E-state index in [9.17, 15) is 17.6 Å². The Hall–Kier alpha value is -1.19.